The van der Waals surface area contributed by atoms with E-state index in [4.69, 9.17) is 22.8 Å². The Hall–Kier alpha value is -3.70. The number of ether oxygens (including phenoxy) is 1. The fourth-order valence-corrected chi connectivity index (χ4v) is 4.09. The molecule has 0 aliphatic rings. The third kappa shape index (κ3) is 8.15. The van der Waals surface area contributed by atoms with Crippen molar-refractivity contribution in [3.05, 3.63) is 58.1 Å². The monoisotopic (exact) mass is 541 g/mol. The van der Waals surface area contributed by atoms with Crippen molar-refractivity contribution in [1.29, 1.82) is 0 Å². The zero-order valence-corrected chi connectivity index (χ0v) is 23.6. The first-order valence-electron chi connectivity index (χ1n) is 12.3. The second-order valence-corrected chi connectivity index (χ2v) is 10.9. The number of aromatic hydroxyl groups is 1. The lowest BCUT2D eigenvalue weighted by Crippen LogP contribution is -2.51. The summed E-state index contributed by atoms with van der Waals surface area (Å²) in [6.07, 6.45) is 5.30. The normalized spacial score (nSPS) is 12.7. The number of aryl methyl sites for hydroxylation is 2. The summed E-state index contributed by atoms with van der Waals surface area (Å²) < 4.78 is 5.35. The van der Waals surface area contributed by atoms with Gasteiger partial charge in [0.2, 0.25) is 0 Å². The predicted molar refractivity (Wildman–Crippen MR) is 149 cm³/mol. The number of anilines is 1. The van der Waals surface area contributed by atoms with Crippen LogP contribution in [0.1, 0.15) is 63.8 Å². The lowest BCUT2D eigenvalue weighted by Gasteiger charge is -2.31. The van der Waals surface area contributed by atoms with E-state index in [9.17, 15) is 19.5 Å². The Kier molecular flexibility index (Phi) is 10.2. The quantitative estimate of drug-likeness (QED) is 0.293. The number of phenols is 1. The van der Waals surface area contributed by atoms with Gasteiger partial charge in [-0.15, -0.1) is 0 Å². The average molecular weight is 542 g/mol. The lowest BCUT2D eigenvalue weighted by molar-refractivity contribution is -0.137. The molecule has 2 aromatic rings. The molecule has 0 saturated carbocycles. The van der Waals surface area contributed by atoms with Crippen LogP contribution < -0.4 is 10.6 Å². The van der Waals surface area contributed by atoms with E-state index in [-0.39, 0.29) is 18.1 Å². The Morgan fingerprint density at radius 1 is 1.13 bits per heavy atom. The van der Waals surface area contributed by atoms with Crippen LogP contribution in [0.2, 0.25) is 5.02 Å². The topological polar surface area (TPSA) is 108 Å². The molecule has 9 heteroatoms. The molecule has 0 spiro atoms. The van der Waals surface area contributed by atoms with Gasteiger partial charge >= 0.3 is 6.09 Å². The van der Waals surface area contributed by atoms with Crippen LogP contribution in [0.15, 0.2) is 36.4 Å². The maximum Gasteiger partial charge on any atom is 0.408 e. The molecular formula is C29H36ClN3O5. The Morgan fingerprint density at radius 2 is 1.79 bits per heavy atom. The van der Waals surface area contributed by atoms with Crippen molar-refractivity contribution in [3.63, 3.8) is 0 Å². The van der Waals surface area contributed by atoms with E-state index in [0.717, 1.165) is 4.90 Å². The second kappa shape index (κ2) is 12.7. The van der Waals surface area contributed by atoms with Crippen LogP contribution in [0.25, 0.3) is 0 Å². The van der Waals surface area contributed by atoms with Gasteiger partial charge in [-0.1, -0.05) is 50.1 Å². The Balaban J connectivity index is 2.54. The molecule has 204 valence electrons. The molecule has 0 fully saturated rings. The van der Waals surface area contributed by atoms with Crippen molar-refractivity contribution in [2.45, 2.75) is 72.6 Å². The van der Waals surface area contributed by atoms with Gasteiger partial charge in [-0.25, -0.2) is 4.79 Å². The van der Waals surface area contributed by atoms with E-state index in [1.807, 2.05) is 13.8 Å². The molecule has 2 unspecified atom stereocenters. The maximum absolute atomic E-state index is 13.8. The van der Waals surface area contributed by atoms with E-state index in [1.54, 1.807) is 58.9 Å². The van der Waals surface area contributed by atoms with Gasteiger partial charge in [0, 0.05) is 6.04 Å². The Bertz CT molecular complexity index is 1210. The number of carbonyl (C=O) groups is 3. The first-order chi connectivity index (χ1) is 17.6. The van der Waals surface area contributed by atoms with Crippen molar-refractivity contribution < 1.29 is 24.2 Å². The standard InChI is InChI=1S/C29H36ClN3O5/c1-9-33(27(36)22(15-17(2)3)31-28(37)38-29(6,7)8)25(20-13-14-23(34)19(5)16-20)26(35)32-24-18(4)11-10-12-21(24)30/h1,10-14,16-17,22,25,34H,15H2,2-8H3,(H,31,37)(H,32,35). The van der Waals surface area contributed by atoms with Crippen LogP contribution in [0.3, 0.4) is 0 Å². The first-order valence-corrected chi connectivity index (χ1v) is 12.7. The van der Waals surface area contributed by atoms with Gasteiger partial charge in [-0.2, -0.15) is 0 Å². The third-order valence-electron chi connectivity index (χ3n) is 5.59. The number of phenolic OH excluding ortho intramolecular Hbond substituents is 1. The number of nitrogens with zero attached hydrogens (tertiary/aromatic N) is 1. The van der Waals surface area contributed by atoms with Crippen LogP contribution in [0, 0.1) is 32.2 Å². The highest BCUT2D eigenvalue weighted by molar-refractivity contribution is 6.34. The van der Waals surface area contributed by atoms with E-state index >= 15 is 0 Å². The van der Waals surface area contributed by atoms with Gasteiger partial charge < -0.3 is 20.5 Å². The Morgan fingerprint density at radius 3 is 2.32 bits per heavy atom. The molecule has 0 heterocycles. The smallest absolute Gasteiger partial charge is 0.408 e. The highest BCUT2D eigenvalue weighted by atomic mass is 35.5. The van der Waals surface area contributed by atoms with Gasteiger partial charge in [0.1, 0.15) is 23.4 Å². The summed E-state index contributed by atoms with van der Waals surface area (Å²) in [4.78, 5) is 41.1. The van der Waals surface area contributed by atoms with Gasteiger partial charge in [0.15, 0.2) is 0 Å². The van der Waals surface area contributed by atoms with Crippen molar-refractivity contribution in [3.8, 4) is 18.2 Å². The molecule has 0 saturated heterocycles. The van der Waals surface area contributed by atoms with Gasteiger partial charge in [-0.3, -0.25) is 14.5 Å². The number of para-hydroxylation sites is 1. The molecule has 3 N–H and O–H groups in total. The van der Waals surface area contributed by atoms with Gasteiger partial charge in [0.25, 0.3) is 11.8 Å². The minimum Gasteiger partial charge on any atom is -0.508 e. The average Bonchev–Trinajstić information content (AvgIpc) is 2.79. The van der Waals surface area contributed by atoms with Crippen molar-refractivity contribution in [2.75, 3.05) is 5.32 Å². The number of hydrogen-bond donors (Lipinski definition) is 3. The van der Waals surface area contributed by atoms with Crippen LogP contribution >= 0.6 is 11.6 Å². The predicted octanol–water partition coefficient (Wildman–Crippen LogP) is 5.70. The molecule has 0 aliphatic carbocycles. The summed E-state index contributed by atoms with van der Waals surface area (Å²) >= 11 is 6.33. The number of benzene rings is 2. The largest absolute Gasteiger partial charge is 0.508 e. The number of rotatable bonds is 8. The number of halogens is 1. The molecule has 0 aromatic heterocycles. The molecule has 38 heavy (non-hydrogen) atoms. The van der Waals surface area contributed by atoms with Gasteiger partial charge in [-0.05, 0) is 81.8 Å². The fourth-order valence-electron chi connectivity index (χ4n) is 3.82. The Labute approximate surface area is 229 Å². The minimum atomic E-state index is -1.29. The van der Waals surface area contributed by atoms with Crippen molar-refractivity contribution in [2.24, 2.45) is 5.92 Å². The van der Waals surface area contributed by atoms with E-state index in [2.05, 4.69) is 16.7 Å². The summed E-state index contributed by atoms with van der Waals surface area (Å²) in [5.74, 6) is -1.24. The zero-order valence-electron chi connectivity index (χ0n) is 22.9. The lowest BCUT2D eigenvalue weighted by atomic mass is 9.98. The molecule has 3 amide bonds. The summed E-state index contributed by atoms with van der Waals surface area (Å²) in [6, 6.07) is 9.69. The number of hydrogen-bond acceptors (Lipinski definition) is 5. The van der Waals surface area contributed by atoms with Crippen LogP contribution in [-0.4, -0.2) is 39.6 Å². The van der Waals surface area contributed by atoms with Crippen LogP contribution in [0.4, 0.5) is 10.5 Å². The third-order valence-corrected chi connectivity index (χ3v) is 5.90. The first kappa shape index (κ1) is 30.5. The highest BCUT2D eigenvalue weighted by Crippen LogP contribution is 2.31. The minimum absolute atomic E-state index is 0.00693. The highest BCUT2D eigenvalue weighted by Gasteiger charge is 2.36. The summed E-state index contributed by atoms with van der Waals surface area (Å²) in [6.45, 7) is 12.4. The molecule has 0 radical (unpaired) electrons. The van der Waals surface area contributed by atoms with Gasteiger partial charge in [0.05, 0.1) is 10.7 Å². The summed E-state index contributed by atoms with van der Waals surface area (Å²) in [7, 11) is 0. The van der Waals surface area contributed by atoms with Crippen LogP contribution in [-0.2, 0) is 14.3 Å². The molecule has 2 aromatic carbocycles. The number of alkyl carbamates (subject to hydrolysis) is 1. The number of nitrogens with one attached hydrogen (secondary N) is 2. The maximum atomic E-state index is 13.8. The summed E-state index contributed by atoms with van der Waals surface area (Å²) in [5, 5.41) is 15.8. The SMILES string of the molecule is C#CN(C(=O)C(CC(C)C)NC(=O)OC(C)(C)C)C(C(=O)Nc1c(C)cccc1Cl)c1ccc(O)c(C)c1. The van der Waals surface area contributed by atoms with Crippen molar-refractivity contribution in [1.82, 2.24) is 10.2 Å². The fraction of sp³-hybridized carbons (Fsp3) is 0.414. The second-order valence-electron chi connectivity index (χ2n) is 10.5. The van der Waals surface area contributed by atoms with E-state index < -0.39 is 35.6 Å². The van der Waals surface area contributed by atoms with E-state index in [1.165, 1.54) is 12.1 Å². The summed E-state index contributed by atoms with van der Waals surface area (Å²) in [5.41, 5.74) is 1.18. The zero-order chi connectivity index (χ0) is 28.8. The molecular weight excluding hydrogens is 506 g/mol. The molecule has 8 nitrogen and oxygen atoms in total. The molecule has 2 atom stereocenters. The number of carbonyl (C=O) groups excluding carboxylic acids is 3. The molecule has 2 rings (SSSR count). The number of amides is 3. The molecule has 0 aliphatic heterocycles. The van der Waals surface area contributed by atoms with Crippen molar-refractivity contribution >= 4 is 35.2 Å². The number of terminal acetylenes is 1. The van der Waals surface area contributed by atoms with E-state index in [0.29, 0.717) is 27.4 Å². The molecule has 0 bridgehead atoms. The van der Waals surface area contributed by atoms with Crippen LogP contribution in [0.5, 0.6) is 5.75 Å².